The molecule has 4 heteroatoms. The Labute approximate surface area is 61.3 Å². The van der Waals surface area contributed by atoms with Gasteiger partial charge in [-0.15, -0.1) is 11.6 Å². The lowest BCUT2D eigenvalue weighted by atomic mass is 10.9. The highest BCUT2D eigenvalue weighted by atomic mass is 35.5. The maximum absolute atomic E-state index is 10.4. The summed E-state index contributed by atoms with van der Waals surface area (Å²) in [5.41, 5.74) is 0.465. The summed E-state index contributed by atoms with van der Waals surface area (Å²) in [6.45, 7) is 5.21. The molecular weight excluding hydrogens is 156 g/mol. The molecule has 0 aliphatic heterocycles. The highest BCUT2D eigenvalue weighted by Crippen LogP contribution is 2.05. The molecule has 0 atom stereocenters. The Balaban J connectivity index is 3.71. The van der Waals surface area contributed by atoms with E-state index in [4.69, 9.17) is 16.0 Å². The molecule has 9 heavy (non-hydrogen) atoms. The fourth-order valence-corrected chi connectivity index (χ4v) is 1.41. The summed E-state index contributed by atoms with van der Waals surface area (Å²) in [5, 5.41) is 0. The average molecular weight is 167 g/mol. The van der Waals surface area contributed by atoms with Crippen molar-refractivity contribution >= 4 is 25.9 Å². The first-order valence-corrected chi connectivity index (χ1v) is 6.38. The van der Waals surface area contributed by atoms with E-state index in [1.54, 1.807) is 0 Å². The number of alkyl halides is 1. The molecule has 0 aliphatic rings. The van der Waals surface area contributed by atoms with Crippen molar-refractivity contribution in [1.29, 1.82) is 0 Å². The highest BCUT2D eigenvalue weighted by molar-refractivity contribution is 6.78. The van der Waals surface area contributed by atoms with Gasteiger partial charge in [0.05, 0.1) is 5.50 Å². The number of carbonyl (C=O) groups is 1. The molecule has 0 aromatic carbocycles. The Morgan fingerprint density at radius 1 is 1.67 bits per heavy atom. The molecule has 2 nitrogen and oxygen atoms in total. The van der Waals surface area contributed by atoms with Crippen LogP contribution in [0.25, 0.3) is 0 Å². The number of hydrogen-bond donors (Lipinski definition) is 0. The Kier molecular flexibility index (Phi) is 3.21. The van der Waals surface area contributed by atoms with Crippen molar-refractivity contribution in [2.24, 2.45) is 0 Å². The second-order valence-electron chi connectivity index (χ2n) is 2.49. The van der Waals surface area contributed by atoms with Crippen LogP contribution in [0, 0.1) is 0 Å². The molecule has 0 spiro atoms. The van der Waals surface area contributed by atoms with Crippen molar-refractivity contribution in [2.75, 3.05) is 5.50 Å². The number of carbonyl (C=O) groups excluding carboxylic acids is 1. The quantitative estimate of drug-likeness (QED) is 0.460. The van der Waals surface area contributed by atoms with Gasteiger partial charge in [0.1, 0.15) is 0 Å². The lowest BCUT2D eigenvalue weighted by molar-refractivity contribution is -0.132. The summed E-state index contributed by atoms with van der Waals surface area (Å²) in [7, 11) is -1.82. The lowest BCUT2D eigenvalue weighted by Crippen LogP contribution is -2.34. The molecule has 0 heterocycles. The van der Waals surface area contributed by atoms with E-state index in [2.05, 4.69) is 0 Å². The van der Waals surface area contributed by atoms with E-state index in [0.717, 1.165) is 0 Å². The summed E-state index contributed by atoms with van der Waals surface area (Å²) < 4.78 is 4.95. The third-order valence-electron chi connectivity index (χ3n) is 0.742. The number of halogens is 1. The molecule has 0 saturated carbocycles. The predicted octanol–water partition coefficient (Wildman–Crippen LogP) is 1.53. The zero-order valence-electron chi connectivity index (χ0n) is 5.90. The van der Waals surface area contributed by atoms with Gasteiger partial charge in [-0.1, -0.05) is 0 Å². The fourth-order valence-electron chi connectivity index (χ4n) is 0.416. The second kappa shape index (κ2) is 3.22. The lowest BCUT2D eigenvalue weighted by Gasteiger charge is -2.17. The van der Waals surface area contributed by atoms with Gasteiger partial charge in [0, 0.05) is 6.92 Å². The first kappa shape index (κ1) is 8.98. The van der Waals surface area contributed by atoms with Gasteiger partial charge in [-0.25, -0.2) is 0 Å². The van der Waals surface area contributed by atoms with Gasteiger partial charge in [-0.05, 0) is 13.1 Å². The second-order valence-corrected chi connectivity index (χ2v) is 7.28. The number of rotatable bonds is 2. The van der Waals surface area contributed by atoms with Gasteiger partial charge >= 0.3 is 0 Å². The van der Waals surface area contributed by atoms with Crippen LogP contribution in [0.15, 0.2) is 0 Å². The summed E-state index contributed by atoms with van der Waals surface area (Å²) >= 11 is 5.52. The first-order valence-electron chi connectivity index (χ1n) is 2.73. The first-order chi connectivity index (χ1) is 3.98. The summed E-state index contributed by atoms with van der Waals surface area (Å²) in [6.07, 6.45) is 0. The van der Waals surface area contributed by atoms with Crippen LogP contribution in [0.2, 0.25) is 13.1 Å². The predicted molar refractivity (Wildman–Crippen MR) is 40.0 cm³/mol. The van der Waals surface area contributed by atoms with Crippen molar-refractivity contribution in [3.63, 3.8) is 0 Å². The molecule has 0 bridgehead atoms. The third kappa shape index (κ3) is 4.48. The molecule has 0 N–H and O–H groups in total. The van der Waals surface area contributed by atoms with Crippen LogP contribution in [0.4, 0.5) is 0 Å². The molecule has 54 valence electrons. The standard InChI is InChI=1S/C5H11ClO2Si/c1-5(7)8-9(2,3)4-6/h4H2,1-3H3. The normalized spacial score (nSPS) is 11.1. The highest BCUT2D eigenvalue weighted by Gasteiger charge is 2.23. The molecule has 0 aromatic heterocycles. The van der Waals surface area contributed by atoms with Gasteiger partial charge < -0.3 is 4.43 Å². The van der Waals surface area contributed by atoms with Crippen molar-refractivity contribution in [3.05, 3.63) is 0 Å². The molecule has 0 rings (SSSR count). The van der Waals surface area contributed by atoms with Crippen molar-refractivity contribution in [3.8, 4) is 0 Å². The van der Waals surface area contributed by atoms with E-state index in [0.29, 0.717) is 5.50 Å². The van der Waals surface area contributed by atoms with Crippen LogP contribution in [-0.4, -0.2) is 19.8 Å². The van der Waals surface area contributed by atoms with E-state index in [1.807, 2.05) is 13.1 Å². The largest absolute Gasteiger partial charge is 0.519 e. The molecule has 0 amide bonds. The van der Waals surface area contributed by atoms with E-state index < -0.39 is 8.32 Å². The van der Waals surface area contributed by atoms with Crippen LogP contribution in [0.1, 0.15) is 6.92 Å². The van der Waals surface area contributed by atoms with Crippen molar-refractivity contribution in [2.45, 2.75) is 20.0 Å². The van der Waals surface area contributed by atoms with Crippen LogP contribution in [-0.2, 0) is 9.22 Å². The topological polar surface area (TPSA) is 26.3 Å². The van der Waals surface area contributed by atoms with Crippen LogP contribution in [0.3, 0.4) is 0 Å². The maximum Gasteiger partial charge on any atom is 0.289 e. The molecule has 0 radical (unpaired) electrons. The van der Waals surface area contributed by atoms with Crippen LogP contribution < -0.4 is 0 Å². The minimum atomic E-state index is -1.82. The van der Waals surface area contributed by atoms with Gasteiger partial charge in [-0.2, -0.15) is 0 Å². The SMILES string of the molecule is CC(=O)O[Si](C)(C)CCl. The van der Waals surface area contributed by atoms with E-state index in [-0.39, 0.29) is 5.97 Å². The zero-order valence-corrected chi connectivity index (χ0v) is 7.66. The Hall–Kier alpha value is -0.0231. The average Bonchev–Trinajstić information content (AvgIpc) is 1.63. The maximum atomic E-state index is 10.4. The zero-order chi connectivity index (χ0) is 7.49. The molecule has 0 aromatic rings. The van der Waals surface area contributed by atoms with Crippen molar-refractivity contribution in [1.82, 2.24) is 0 Å². The third-order valence-corrected chi connectivity index (χ3v) is 4.16. The van der Waals surface area contributed by atoms with Gasteiger partial charge in [0.2, 0.25) is 0 Å². The minimum absolute atomic E-state index is 0.229. The monoisotopic (exact) mass is 166 g/mol. The Bertz CT molecular complexity index is 114. The smallest absolute Gasteiger partial charge is 0.289 e. The summed E-state index contributed by atoms with van der Waals surface area (Å²) in [6, 6.07) is 0. The molecule has 0 unspecified atom stereocenters. The van der Waals surface area contributed by atoms with Crippen LogP contribution in [0.5, 0.6) is 0 Å². The summed E-state index contributed by atoms with van der Waals surface area (Å²) in [5.74, 6) is -0.229. The van der Waals surface area contributed by atoms with E-state index in [1.165, 1.54) is 6.92 Å². The van der Waals surface area contributed by atoms with Crippen LogP contribution >= 0.6 is 11.6 Å². The van der Waals surface area contributed by atoms with E-state index >= 15 is 0 Å². The minimum Gasteiger partial charge on any atom is -0.519 e. The Morgan fingerprint density at radius 3 is 2.22 bits per heavy atom. The summed E-state index contributed by atoms with van der Waals surface area (Å²) in [4.78, 5) is 10.4. The van der Waals surface area contributed by atoms with Gasteiger partial charge in [0.15, 0.2) is 0 Å². The van der Waals surface area contributed by atoms with Gasteiger partial charge in [-0.3, -0.25) is 4.79 Å². The molecule has 0 fully saturated rings. The molecular formula is C5H11ClO2Si. The molecule has 0 aliphatic carbocycles. The Morgan fingerprint density at radius 2 is 2.11 bits per heavy atom. The van der Waals surface area contributed by atoms with Crippen molar-refractivity contribution < 1.29 is 9.22 Å². The fraction of sp³-hybridized carbons (Fsp3) is 0.800. The van der Waals surface area contributed by atoms with E-state index in [9.17, 15) is 4.79 Å². The van der Waals surface area contributed by atoms with Gasteiger partial charge in [0.25, 0.3) is 14.3 Å². The molecule has 0 saturated heterocycles. The number of hydrogen-bond acceptors (Lipinski definition) is 2.